The largest absolute Gasteiger partial charge is 0.466 e. The first-order chi connectivity index (χ1) is 11.1. The van der Waals surface area contributed by atoms with Gasteiger partial charge in [-0.05, 0) is 18.8 Å². The Morgan fingerprint density at radius 2 is 1.70 bits per heavy atom. The van der Waals surface area contributed by atoms with Gasteiger partial charge in [0.15, 0.2) is 5.12 Å². The Hall–Kier alpha value is -1.30. The molecule has 5 nitrogen and oxygen atoms in total. The third kappa shape index (κ3) is 15.4. The molecule has 1 N–H and O–H groups in total. The standard InChI is InChI=1S/C17H29NO4S/c1-3-5-6-7-8-9-13-18-15(19)12-14-23-17(21)11-10-16(20)22-4-2/h12,14H,3-11,13H2,1-2H3,(H,18,19)/b14-12-. The molecule has 0 aromatic rings. The highest BCUT2D eigenvalue weighted by Crippen LogP contribution is 2.09. The third-order valence-electron chi connectivity index (χ3n) is 3.09. The number of unbranched alkanes of at least 4 members (excludes halogenated alkanes) is 5. The van der Waals surface area contributed by atoms with Gasteiger partial charge in [0.1, 0.15) is 0 Å². The number of amides is 1. The number of carbonyl (C=O) groups is 3. The van der Waals surface area contributed by atoms with E-state index in [1.165, 1.54) is 37.2 Å². The van der Waals surface area contributed by atoms with Crippen molar-refractivity contribution in [3.8, 4) is 0 Å². The summed E-state index contributed by atoms with van der Waals surface area (Å²) in [4.78, 5) is 34.1. The third-order valence-corrected chi connectivity index (χ3v) is 3.83. The molecule has 0 bridgehead atoms. The SMILES string of the molecule is CCCCCCCCNC(=O)/C=C\SC(=O)CCC(=O)OCC. The van der Waals surface area contributed by atoms with Crippen molar-refractivity contribution in [2.45, 2.75) is 65.2 Å². The van der Waals surface area contributed by atoms with Crippen molar-refractivity contribution in [3.63, 3.8) is 0 Å². The summed E-state index contributed by atoms with van der Waals surface area (Å²) in [5.74, 6) is -0.564. The lowest BCUT2D eigenvalue weighted by molar-refractivity contribution is -0.143. The number of rotatable bonds is 13. The van der Waals surface area contributed by atoms with Gasteiger partial charge in [-0.15, -0.1) is 0 Å². The topological polar surface area (TPSA) is 72.5 Å². The maximum Gasteiger partial charge on any atom is 0.306 e. The molecule has 0 saturated heterocycles. The van der Waals surface area contributed by atoms with E-state index in [1.54, 1.807) is 6.92 Å². The molecule has 0 rings (SSSR count). The fourth-order valence-electron chi connectivity index (χ4n) is 1.84. The highest BCUT2D eigenvalue weighted by Gasteiger charge is 2.07. The smallest absolute Gasteiger partial charge is 0.306 e. The average molecular weight is 343 g/mol. The van der Waals surface area contributed by atoms with E-state index in [2.05, 4.69) is 12.2 Å². The van der Waals surface area contributed by atoms with Gasteiger partial charge in [0.2, 0.25) is 5.91 Å². The molecular weight excluding hydrogens is 314 g/mol. The van der Waals surface area contributed by atoms with E-state index in [9.17, 15) is 14.4 Å². The molecule has 6 heteroatoms. The monoisotopic (exact) mass is 343 g/mol. The molecule has 0 fully saturated rings. The first kappa shape index (κ1) is 21.7. The highest BCUT2D eigenvalue weighted by atomic mass is 32.2. The van der Waals surface area contributed by atoms with E-state index in [0.717, 1.165) is 24.6 Å². The maximum atomic E-state index is 11.5. The Morgan fingerprint density at radius 3 is 2.39 bits per heavy atom. The van der Waals surface area contributed by atoms with Gasteiger partial charge in [0.25, 0.3) is 0 Å². The lowest BCUT2D eigenvalue weighted by atomic mass is 10.1. The molecule has 23 heavy (non-hydrogen) atoms. The minimum atomic E-state index is -0.373. The van der Waals surface area contributed by atoms with Gasteiger partial charge in [-0.2, -0.15) is 0 Å². The van der Waals surface area contributed by atoms with Crippen LogP contribution in [0, 0.1) is 0 Å². The molecule has 0 aromatic carbocycles. The Bertz CT molecular complexity index is 383. The molecule has 0 aliphatic rings. The number of nitrogens with one attached hydrogen (secondary N) is 1. The molecule has 0 aromatic heterocycles. The van der Waals surface area contributed by atoms with Gasteiger partial charge in [0, 0.05) is 19.0 Å². The molecule has 0 saturated carbocycles. The Balaban J connectivity index is 3.60. The lowest BCUT2D eigenvalue weighted by Crippen LogP contribution is -2.21. The molecule has 0 radical (unpaired) electrons. The normalized spacial score (nSPS) is 10.7. The van der Waals surface area contributed by atoms with Crippen molar-refractivity contribution in [2.24, 2.45) is 0 Å². The van der Waals surface area contributed by atoms with Crippen molar-refractivity contribution < 1.29 is 19.1 Å². The Kier molecular flexibility index (Phi) is 14.7. The predicted octanol–water partition coefficient (Wildman–Crippen LogP) is 3.58. The number of hydrogen-bond donors (Lipinski definition) is 1. The molecule has 1 amide bonds. The van der Waals surface area contributed by atoms with Crippen LogP contribution in [-0.4, -0.2) is 30.1 Å². The zero-order valence-corrected chi connectivity index (χ0v) is 15.1. The summed E-state index contributed by atoms with van der Waals surface area (Å²) in [5, 5.41) is 4.10. The Morgan fingerprint density at radius 1 is 1.00 bits per heavy atom. The summed E-state index contributed by atoms with van der Waals surface area (Å²) in [6.07, 6.45) is 8.64. The molecular formula is C17H29NO4S. The minimum Gasteiger partial charge on any atom is -0.466 e. The molecule has 132 valence electrons. The lowest BCUT2D eigenvalue weighted by Gasteiger charge is -2.02. The van der Waals surface area contributed by atoms with Crippen LogP contribution in [0.4, 0.5) is 0 Å². The number of esters is 1. The van der Waals surface area contributed by atoms with Crippen molar-refractivity contribution in [1.29, 1.82) is 0 Å². The quantitative estimate of drug-likeness (QED) is 0.314. The molecule has 0 unspecified atom stereocenters. The number of ether oxygens (including phenoxy) is 1. The van der Waals surface area contributed by atoms with Crippen LogP contribution in [0.2, 0.25) is 0 Å². The number of thioether (sulfide) groups is 1. The molecule has 0 aliphatic heterocycles. The summed E-state index contributed by atoms with van der Waals surface area (Å²) in [5.41, 5.74) is 0. The molecule has 0 atom stereocenters. The summed E-state index contributed by atoms with van der Waals surface area (Å²) < 4.78 is 4.74. The van der Waals surface area contributed by atoms with Gasteiger partial charge in [-0.3, -0.25) is 14.4 Å². The van der Waals surface area contributed by atoms with E-state index in [0.29, 0.717) is 13.2 Å². The zero-order chi connectivity index (χ0) is 17.3. The fraction of sp³-hybridized carbons (Fsp3) is 0.706. The van der Waals surface area contributed by atoms with Crippen LogP contribution < -0.4 is 5.32 Å². The van der Waals surface area contributed by atoms with Crippen LogP contribution in [0.5, 0.6) is 0 Å². The van der Waals surface area contributed by atoms with Crippen LogP contribution in [0.3, 0.4) is 0 Å². The van der Waals surface area contributed by atoms with E-state index in [4.69, 9.17) is 4.74 Å². The second-order valence-electron chi connectivity index (χ2n) is 5.16. The summed E-state index contributed by atoms with van der Waals surface area (Å²) >= 11 is 0.930. The van der Waals surface area contributed by atoms with Gasteiger partial charge < -0.3 is 10.1 Å². The van der Waals surface area contributed by atoms with Gasteiger partial charge in [0.05, 0.1) is 13.0 Å². The summed E-state index contributed by atoms with van der Waals surface area (Å²) in [6, 6.07) is 0. The second kappa shape index (κ2) is 15.6. The molecule has 0 heterocycles. The second-order valence-corrected chi connectivity index (χ2v) is 6.12. The minimum absolute atomic E-state index is 0.0811. The van der Waals surface area contributed by atoms with E-state index >= 15 is 0 Å². The van der Waals surface area contributed by atoms with Crippen LogP contribution in [0.15, 0.2) is 11.5 Å². The summed E-state index contributed by atoms with van der Waals surface area (Å²) in [7, 11) is 0. The fourth-order valence-corrected chi connectivity index (χ4v) is 2.41. The predicted molar refractivity (Wildman–Crippen MR) is 94.0 cm³/mol. The maximum absolute atomic E-state index is 11.5. The van der Waals surface area contributed by atoms with Crippen molar-refractivity contribution >= 4 is 28.8 Å². The molecule has 0 spiro atoms. The number of carbonyl (C=O) groups excluding carboxylic acids is 3. The average Bonchev–Trinajstić information content (AvgIpc) is 2.52. The summed E-state index contributed by atoms with van der Waals surface area (Å²) in [6.45, 7) is 4.89. The van der Waals surface area contributed by atoms with Gasteiger partial charge in [-0.1, -0.05) is 50.8 Å². The first-order valence-electron chi connectivity index (χ1n) is 8.39. The van der Waals surface area contributed by atoms with Gasteiger partial charge >= 0.3 is 5.97 Å². The van der Waals surface area contributed by atoms with Crippen molar-refractivity contribution in [2.75, 3.05) is 13.2 Å². The van der Waals surface area contributed by atoms with Crippen molar-refractivity contribution in [1.82, 2.24) is 5.32 Å². The van der Waals surface area contributed by atoms with Crippen LogP contribution in [0.25, 0.3) is 0 Å². The van der Waals surface area contributed by atoms with Crippen LogP contribution >= 0.6 is 11.8 Å². The Labute approximate surface area is 143 Å². The number of hydrogen-bond acceptors (Lipinski definition) is 5. The van der Waals surface area contributed by atoms with Crippen LogP contribution in [0.1, 0.15) is 65.2 Å². The highest BCUT2D eigenvalue weighted by molar-refractivity contribution is 8.16. The zero-order valence-electron chi connectivity index (χ0n) is 14.3. The molecule has 0 aliphatic carbocycles. The first-order valence-corrected chi connectivity index (χ1v) is 9.27. The van der Waals surface area contributed by atoms with E-state index in [-0.39, 0.29) is 29.8 Å². The van der Waals surface area contributed by atoms with E-state index in [1.807, 2.05) is 0 Å². The van der Waals surface area contributed by atoms with Gasteiger partial charge in [-0.25, -0.2) is 0 Å². The van der Waals surface area contributed by atoms with Crippen molar-refractivity contribution in [3.05, 3.63) is 11.5 Å². The van der Waals surface area contributed by atoms with E-state index < -0.39 is 0 Å². The van der Waals surface area contributed by atoms with Crippen LogP contribution in [-0.2, 0) is 19.1 Å².